The minimum Gasteiger partial charge on any atom is -0.258 e. The van der Waals surface area contributed by atoms with E-state index in [0.29, 0.717) is 0 Å². The van der Waals surface area contributed by atoms with E-state index < -0.39 is 16.4 Å². The van der Waals surface area contributed by atoms with Crippen LogP contribution in [0.15, 0.2) is 48.5 Å². The zero-order valence-corrected chi connectivity index (χ0v) is 7.24. The number of hydrogen-bond acceptors (Lipinski definition) is 2. The summed E-state index contributed by atoms with van der Waals surface area (Å²) in [6, 6.07) is 0. The molecule has 0 atom stereocenters. The minimum atomic E-state index is -0.905. The predicted octanol–water partition coefficient (Wildman–Crippen LogP) is 2.76. The molecule has 0 aliphatic carbocycles. The highest BCUT2D eigenvalue weighted by atomic mass is 19.1. The summed E-state index contributed by atoms with van der Waals surface area (Å²) in [6.45, 7) is 4.92. The highest BCUT2D eigenvalue weighted by molar-refractivity contribution is 5.25. The second-order valence-corrected chi connectivity index (χ2v) is 2.09. The summed E-state index contributed by atoms with van der Waals surface area (Å²) in [5.41, 5.74) is -0.571. The van der Waals surface area contributed by atoms with Crippen LogP contribution in [0.1, 0.15) is 6.92 Å². The molecule has 3 nitrogen and oxygen atoms in total. The van der Waals surface area contributed by atoms with Crippen molar-refractivity contribution in [3.8, 4) is 0 Å². The maximum atomic E-state index is 12.9. The van der Waals surface area contributed by atoms with Crippen LogP contribution in [0.4, 0.5) is 4.39 Å². The van der Waals surface area contributed by atoms with Crippen LogP contribution in [0.25, 0.3) is 0 Å². The van der Waals surface area contributed by atoms with Crippen LogP contribution in [0.5, 0.6) is 0 Å². The highest BCUT2D eigenvalue weighted by Crippen LogP contribution is 2.12. The van der Waals surface area contributed by atoms with Gasteiger partial charge in [0, 0.05) is 6.08 Å². The van der Waals surface area contributed by atoms with Gasteiger partial charge in [-0.05, 0) is 13.0 Å². The Balaban J connectivity index is 4.92. The molecule has 0 saturated carbocycles. The summed E-state index contributed by atoms with van der Waals surface area (Å²) in [7, 11) is 0. The van der Waals surface area contributed by atoms with Crippen molar-refractivity contribution >= 4 is 0 Å². The van der Waals surface area contributed by atoms with Gasteiger partial charge in [0.05, 0.1) is 4.92 Å². The lowest BCUT2D eigenvalue weighted by molar-refractivity contribution is -0.422. The largest absolute Gasteiger partial charge is 0.304 e. The lowest BCUT2D eigenvalue weighted by Crippen LogP contribution is -1.98. The van der Waals surface area contributed by atoms with Crippen LogP contribution in [-0.4, -0.2) is 4.92 Å². The minimum absolute atomic E-state index is 0.571. The first-order valence-electron chi connectivity index (χ1n) is 3.59. The van der Waals surface area contributed by atoms with Gasteiger partial charge in [-0.3, -0.25) is 10.1 Å². The summed E-state index contributed by atoms with van der Waals surface area (Å²) in [5, 5.41) is 10.3. The monoisotopic (exact) mass is 183 g/mol. The lowest BCUT2D eigenvalue weighted by atomic mass is 10.3. The van der Waals surface area contributed by atoms with E-state index in [1.807, 2.05) is 0 Å². The Hall–Kier alpha value is -1.71. The average Bonchev–Trinajstić information content (AvgIpc) is 2.05. The van der Waals surface area contributed by atoms with Gasteiger partial charge in [0.1, 0.15) is 0 Å². The van der Waals surface area contributed by atoms with Crippen molar-refractivity contribution in [2.45, 2.75) is 6.92 Å². The van der Waals surface area contributed by atoms with Crippen molar-refractivity contribution in [1.29, 1.82) is 0 Å². The highest BCUT2D eigenvalue weighted by Gasteiger charge is 2.14. The zero-order valence-electron chi connectivity index (χ0n) is 7.24. The molecule has 4 heteroatoms. The van der Waals surface area contributed by atoms with E-state index in [1.165, 1.54) is 6.08 Å². The normalized spacial score (nSPS) is 13.4. The maximum Gasteiger partial charge on any atom is 0.304 e. The average molecular weight is 183 g/mol. The van der Waals surface area contributed by atoms with Gasteiger partial charge in [0.25, 0.3) is 0 Å². The molecule has 0 heterocycles. The molecule has 0 aromatic rings. The van der Waals surface area contributed by atoms with E-state index in [2.05, 4.69) is 6.58 Å². The SMILES string of the molecule is C=C\C=C(F)/C(=C\C=C/C)[N+](=O)[O-]. The van der Waals surface area contributed by atoms with Gasteiger partial charge in [-0.2, -0.15) is 4.39 Å². The molecule has 0 aromatic carbocycles. The third-order valence-electron chi connectivity index (χ3n) is 1.15. The number of hydrogen-bond donors (Lipinski definition) is 0. The molecule has 0 bridgehead atoms. The van der Waals surface area contributed by atoms with E-state index in [4.69, 9.17) is 0 Å². The van der Waals surface area contributed by atoms with Crippen LogP contribution >= 0.6 is 0 Å². The standard InChI is InChI=1S/C9H10FNO2/c1-3-5-7-9(11(12)13)8(10)6-4-2/h3-7H,2H2,1H3/b5-3-,8-6+,9-7+. The Morgan fingerprint density at radius 3 is 2.54 bits per heavy atom. The first kappa shape index (κ1) is 11.3. The fourth-order valence-electron chi connectivity index (χ4n) is 0.604. The van der Waals surface area contributed by atoms with Crippen molar-refractivity contribution in [1.82, 2.24) is 0 Å². The molecule has 0 unspecified atom stereocenters. The van der Waals surface area contributed by atoms with Gasteiger partial charge in [0.15, 0.2) is 5.83 Å². The van der Waals surface area contributed by atoms with Crippen molar-refractivity contribution in [3.63, 3.8) is 0 Å². The van der Waals surface area contributed by atoms with Gasteiger partial charge in [-0.1, -0.05) is 24.8 Å². The van der Waals surface area contributed by atoms with E-state index in [1.54, 1.807) is 13.0 Å². The van der Waals surface area contributed by atoms with Crippen LogP contribution in [0, 0.1) is 10.1 Å². The Morgan fingerprint density at radius 1 is 1.54 bits per heavy atom. The van der Waals surface area contributed by atoms with Crippen molar-refractivity contribution in [2.75, 3.05) is 0 Å². The molecule has 0 spiro atoms. The van der Waals surface area contributed by atoms with Gasteiger partial charge in [-0.25, -0.2) is 0 Å². The second-order valence-electron chi connectivity index (χ2n) is 2.09. The maximum absolute atomic E-state index is 12.9. The van der Waals surface area contributed by atoms with Gasteiger partial charge in [0.2, 0.25) is 0 Å². The summed E-state index contributed by atoms with van der Waals surface area (Å²) >= 11 is 0. The number of allylic oxidation sites excluding steroid dienone is 6. The quantitative estimate of drug-likeness (QED) is 0.382. The van der Waals surface area contributed by atoms with Crippen LogP contribution in [0.2, 0.25) is 0 Å². The zero-order chi connectivity index (χ0) is 10.3. The Morgan fingerprint density at radius 2 is 2.15 bits per heavy atom. The number of halogens is 1. The fourth-order valence-corrected chi connectivity index (χ4v) is 0.604. The van der Waals surface area contributed by atoms with Gasteiger partial charge in [-0.15, -0.1) is 0 Å². The van der Waals surface area contributed by atoms with E-state index in [9.17, 15) is 14.5 Å². The molecule has 0 N–H and O–H groups in total. The molecule has 0 fully saturated rings. The Bertz CT molecular complexity index is 290. The van der Waals surface area contributed by atoms with E-state index >= 15 is 0 Å². The molecular formula is C9H10FNO2. The third kappa shape index (κ3) is 4.00. The third-order valence-corrected chi connectivity index (χ3v) is 1.15. The van der Waals surface area contributed by atoms with E-state index in [0.717, 1.165) is 18.2 Å². The molecule has 0 radical (unpaired) electrons. The van der Waals surface area contributed by atoms with Crippen molar-refractivity contribution in [2.24, 2.45) is 0 Å². The summed E-state index contributed by atoms with van der Waals surface area (Å²) < 4.78 is 12.9. The molecule has 0 aliphatic rings. The number of nitro groups is 1. The molecule has 70 valence electrons. The molecule has 0 saturated heterocycles. The first-order chi connectivity index (χ1) is 6.13. The first-order valence-corrected chi connectivity index (χ1v) is 3.59. The summed E-state index contributed by atoms with van der Waals surface area (Å²) in [4.78, 5) is 9.53. The second kappa shape index (κ2) is 5.88. The van der Waals surface area contributed by atoms with Crippen molar-refractivity contribution in [3.05, 3.63) is 58.6 Å². The van der Waals surface area contributed by atoms with E-state index in [-0.39, 0.29) is 0 Å². The smallest absolute Gasteiger partial charge is 0.258 e. The number of nitrogens with zero attached hydrogens (tertiary/aromatic N) is 1. The topological polar surface area (TPSA) is 43.1 Å². The lowest BCUT2D eigenvalue weighted by Gasteiger charge is -1.91. The summed E-state index contributed by atoms with van der Waals surface area (Å²) in [5.74, 6) is -0.905. The van der Waals surface area contributed by atoms with Crippen LogP contribution < -0.4 is 0 Å². The Labute approximate surface area is 75.7 Å². The molecule has 0 aromatic heterocycles. The van der Waals surface area contributed by atoms with Gasteiger partial charge < -0.3 is 0 Å². The summed E-state index contributed by atoms with van der Waals surface area (Å²) in [6.07, 6.45) is 6.16. The van der Waals surface area contributed by atoms with Crippen LogP contribution in [0.3, 0.4) is 0 Å². The molecule has 13 heavy (non-hydrogen) atoms. The predicted molar refractivity (Wildman–Crippen MR) is 49.3 cm³/mol. The van der Waals surface area contributed by atoms with Crippen molar-refractivity contribution < 1.29 is 9.31 Å². The molecule has 0 aliphatic heterocycles. The molecule has 0 amide bonds. The Kier molecular flexibility index (Phi) is 5.11. The molecular weight excluding hydrogens is 173 g/mol. The van der Waals surface area contributed by atoms with Gasteiger partial charge >= 0.3 is 5.70 Å². The molecule has 0 rings (SSSR count). The van der Waals surface area contributed by atoms with Crippen LogP contribution in [-0.2, 0) is 0 Å². The number of rotatable bonds is 4. The fraction of sp³-hybridized carbons (Fsp3) is 0.111.